The van der Waals surface area contributed by atoms with E-state index in [4.69, 9.17) is 13.3 Å². The first-order chi connectivity index (χ1) is 31.8. The van der Waals surface area contributed by atoms with Crippen LogP contribution in [0.15, 0.2) is 147 Å². The average molecular weight is 855 g/mol. The van der Waals surface area contributed by atoms with Gasteiger partial charge in [-0.1, -0.05) is 115 Å². The van der Waals surface area contributed by atoms with Crippen molar-refractivity contribution >= 4 is 117 Å². The van der Waals surface area contributed by atoms with E-state index in [1.165, 1.54) is 66.1 Å². The maximum absolute atomic E-state index is 7.03. The van der Waals surface area contributed by atoms with Crippen LogP contribution in [0.2, 0.25) is 0 Å². The Bertz CT molecular complexity index is 4170. The van der Waals surface area contributed by atoms with E-state index in [9.17, 15) is 0 Å². The first-order valence-corrected chi connectivity index (χ1v) is 23.6. The fraction of sp³-hybridized carbons (Fsp3) is 0.200. The molecular weight excluding hydrogens is 807 g/mol. The second kappa shape index (κ2) is 12.0. The molecule has 5 nitrogen and oxygen atoms in total. The quantitative estimate of drug-likeness (QED) is 0.154. The van der Waals surface area contributed by atoms with E-state index < -0.39 is 0 Å². The van der Waals surface area contributed by atoms with Gasteiger partial charge >= 0.3 is 6.85 Å². The first kappa shape index (κ1) is 37.1. The van der Waals surface area contributed by atoms with Gasteiger partial charge in [0, 0.05) is 71.8 Å². The van der Waals surface area contributed by atoms with E-state index in [-0.39, 0.29) is 23.1 Å². The van der Waals surface area contributed by atoms with Gasteiger partial charge in [-0.25, -0.2) is 0 Å². The monoisotopic (exact) mass is 854 g/mol. The molecule has 0 N–H and O–H groups in total. The molecule has 6 heteroatoms. The topological polar surface area (TPSA) is 47.6 Å². The van der Waals surface area contributed by atoms with Gasteiger partial charge in [-0.15, -0.1) is 0 Å². The number of anilines is 2. The molecule has 0 fully saturated rings. The lowest BCUT2D eigenvalue weighted by atomic mass is 9.44. The zero-order valence-corrected chi connectivity index (χ0v) is 38.3. The summed E-state index contributed by atoms with van der Waals surface area (Å²) in [5.41, 5.74) is 20.6. The average Bonchev–Trinajstić information content (AvgIpc) is 4.06. The minimum absolute atomic E-state index is 0.00929. The highest BCUT2D eigenvalue weighted by Crippen LogP contribution is 2.52. The van der Waals surface area contributed by atoms with Crippen molar-refractivity contribution in [2.45, 2.75) is 77.6 Å². The molecule has 1 aliphatic carbocycles. The van der Waals surface area contributed by atoms with Crippen molar-refractivity contribution in [1.29, 1.82) is 0 Å². The van der Waals surface area contributed by atoms with E-state index in [1.54, 1.807) is 0 Å². The molecule has 12 aromatic rings. The van der Waals surface area contributed by atoms with Crippen LogP contribution < -0.4 is 15.7 Å². The molecule has 8 aromatic carbocycles. The molecular formula is C60H47BN2O3. The molecule has 0 bridgehead atoms. The number of hydrogen-bond acceptors (Lipinski definition) is 4. The number of benzene rings is 8. The summed E-state index contributed by atoms with van der Waals surface area (Å²) in [6.07, 6.45) is 2.32. The van der Waals surface area contributed by atoms with Crippen molar-refractivity contribution in [2.75, 3.05) is 4.81 Å². The van der Waals surface area contributed by atoms with Gasteiger partial charge in [-0.2, -0.15) is 0 Å². The summed E-state index contributed by atoms with van der Waals surface area (Å²) in [7, 11) is 0. The molecule has 3 aliphatic rings. The molecule has 4 aromatic heterocycles. The molecule has 0 amide bonds. The van der Waals surface area contributed by atoms with Gasteiger partial charge in [0.25, 0.3) is 0 Å². The van der Waals surface area contributed by atoms with Gasteiger partial charge in [0.15, 0.2) is 0 Å². The number of furan rings is 3. The fourth-order valence-corrected chi connectivity index (χ4v) is 12.6. The molecule has 0 atom stereocenters. The number of hydrogen-bond donors (Lipinski definition) is 0. The van der Waals surface area contributed by atoms with Crippen LogP contribution >= 0.6 is 0 Å². The van der Waals surface area contributed by atoms with Crippen LogP contribution in [0.4, 0.5) is 11.4 Å². The van der Waals surface area contributed by atoms with Gasteiger partial charge in [0.05, 0.1) is 11.0 Å². The molecule has 0 unspecified atom stereocenters. The molecule has 0 saturated carbocycles. The predicted octanol–water partition coefficient (Wildman–Crippen LogP) is 15.4. The van der Waals surface area contributed by atoms with E-state index in [0.717, 1.165) is 90.2 Å². The Hall–Kier alpha value is -7.18. The van der Waals surface area contributed by atoms with Crippen molar-refractivity contribution in [2.24, 2.45) is 0 Å². The largest absolute Gasteiger partial charge is 0.456 e. The lowest BCUT2D eigenvalue weighted by Crippen LogP contribution is -2.60. The summed E-state index contributed by atoms with van der Waals surface area (Å²) in [6, 6.07) is 49.9. The summed E-state index contributed by atoms with van der Waals surface area (Å²) in [5, 5.41) is 9.31. The normalized spacial score (nSPS) is 16.2. The second-order valence-electron chi connectivity index (χ2n) is 21.9. The molecule has 0 saturated heterocycles. The minimum Gasteiger partial charge on any atom is -0.456 e. The zero-order valence-electron chi connectivity index (χ0n) is 38.3. The van der Waals surface area contributed by atoms with Gasteiger partial charge in [-0.3, -0.25) is 0 Å². The SMILES string of the molecule is CC(C)(C)c1ccc(N2B3c4cc5c(cc4-n4c6ccc7oc8ccccc8c7c6c6ccc(c3c64)-c3cc4oc6cc7c(cc6c4cc32)C(C)(C)CCC7(C)C)oc2ccccc25)cc1. The van der Waals surface area contributed by atoms with Crippen molar-refractivity contribution in [3.8, 4) is 16.8 Å². The van der Waals surface area contributed by atoms with Crippen LogP contribution in [0.3, 0.4) is 0 Å². The number of nitrogens with zero attached hydrogens (tertiary/aromatic N) is 2. The smallest absolute Gasteiger partial charge is 0.333 e. The summed E-state index contributed by atoms with van der Waals surface area (Å²) in [6.45, 7) is 16.3. The number of rotatable bonds is 1. The van der Waals surface area contributed by atoms with Gasteiger partial charge < -0.3 is 22.6 Å². The van der Waals surface area contributed by atoms with Gasteiger partial charge in [-0.05, 0) is 123 Å². The third kappa shape index (κ3) is 4.62. The van der Waals surface area contributed by atoms with Crippen molar-refractivity contribution in [1.82, 2.24) is 4.57 Å². The van der Waals surface area contributed by atoms with Gasteiger partial charge in [0.2, 0.25) is 0 Å². The number of para-hydroxylation sites is 2. The van der Waals surface area contributed by atoms with Crippen molar-refractivity contribution in [3.63, 3.8) is 0 Å². The van der Waals surface area contributed by atoms with Crippen LogP contribution in [-0.2, 0) is 16.2 Å². The van der Waals surface area contributed by atoms with Crippen LogP contribution in [0.1, 0.15) is 78.0 Å². The molecule has 0 spiro atoms. The maximum Gasteiger partial charge on any atom is 0.333 e. The summed E-state index contributed by atoms with van der Waals surface area (Å²) in [5.74, 6) is 0. The Morgan fingerprint density at radius 3 is 1.91 bits per heavy atom. The third-order valence-corrected chi connectivity index (χ3v) is 16.2. The highest BCUT2D eigenvalue weighted by atomic mass is 16.3. The van der Waals surface area contributed by atoms with Crippen LogP contribution in [0.25, 0.3) is 104 Å². The Balaban J connectivity index is 1.11. The standard InChI is InChI=1S/C60H47BN2O3/c1-58(2,3)32-16-18-33(19-17-32)63-46-28-41-39-26-42-43(60(6,7)25-24-59(42,4)5)30-52(39)66-51(41)29-38(46)35-20-21-37-54-45(22-23-50-55(54)36-13-9-11-15-49(36)64-50)62-47-31-53-40(34-12-8-10-14-48(34)65-53)27-44(47)61(63)56(35)57(37)62/h8-23,26-31H,24-25H2,1-7H3. The maximum atomic E-state index is 7.03. The molecule has 318 valence electrons. The lowest BCUT2D eigenvalue weighted by molar-refractivity contribution is 0.332. The second-order valence-corrected chi connectivity index (χ2v) is 21.9. The Kier molecular flexibility index (Phi) is 6.73. The Morgan fingerprint density at radius 2 is 1.14 bits per heavy atom. The van der Waals surface area contributed by atoms with E-state index >= 15 is 0 Å². The van der Waals surface area contributed by atoms with Crippen LogP contribution in [0, 0.1) is 0 Å². The van der Waals surface area contributed by atoms with Gasteiger partial charge in [0.1, 0.15) is 33.5 Å². The van der Waals surface area contributed by atoms with E-state index in [0.29, 0.717) is 0 Å². The highest BCUT2D eigenvalue weighted by Gasteiger charge is 2.45. The first-order valence-electron chi connectivity index (χ1n) is 23.6. The zero-order chi connectivity index (χ0) is 44.3. The predicted molar refractivity (Wildman–Crippen MR) is 276 cm³/mol. The molecule has 0 radical (unpaired) electrons. The van der Waals surface area contributed by atoms with E-state index in [2.05, 4.69) is 191 Å². The number of fused-ring (bicyclic) bond motifs is 19. The summed E-state index contributed by atoms with van der Waals surface area (Å²) >= 11 is 0. The fourth-order valence-electron chi connectivity index (χ4n) is 12.6. The van der Waals surface area contributed by atoms with E-state index in [1.807, 2.05) is 0 Å². The minimum atomic E-state index is -0.166. The van der Waals surface area contributed by atoms with Crippen molar-refractivity contribution < 1.29 is 13.3 Å². The highest BCUT2D eigenvalue weighted by molar-refractivity contribution is 6.94. The van der Waals surface area contributed by atoms with Crippen LogP contribution in [0.5, 0.6) is 0 Å². The molecule has 15 rings (SSSR count). The number of aromatic nitrogens is 1. The molecule has 2 aliphatic heterocycles. The summed E-state index contributed by atoms with van der Waals surface area (Å²) in [4.78, 5) is 2.64. The molecule has 6 heterocycles. The Morgan fingerprint density at radius 1 is 0.500 bits per heavy atom. The molecule has 66 heavy (non-hydrogen) atoms. The van der Waals surface area contributed by atoms with Crippen LogP contribution in [-0.4, -0.2) is 11.4 Å². The third-order valence-electron chi connectivity index (χ3n) is 16.2. The lowest BCUT2D eigenvalue weighted by Gasteiger charge is -2.42. The van der Waals surface area contributed by atoms with Crippen molar-refractivity contribution in [3.05, 3.63) is 150 Å². The Labute approximate surface area is 382 Å². The summed E-state index contributed by atoms with van der Waals surface area (Å²) < 4.78 is 22.8.